The van der Waals surface area contributed by atoms with E-state index in [1.165, 1.54) is 64.2 Å². The average molecular weight is 281 g/mol. The SMILES string of the molecule is CCCC1CCC(CNC)(OC2CCC(C)CC2)CC1. The van der Waals surface area contributed by atoms with Crippen molar-refractivity contribution in [1.82, 2.24) is 5.32 Å². The van der Waals surface area contributed by atoms with Crippen molar-refractivity contribution in [3.8, 4) is 0 Å². The molecule has 0 bridgehead atoms. The first kappa shape index (κ1) is 16.3. The molecule has 2 fully saturated rings. The Hall–Kier alpha value is -0.0800. The van der Waals surface area contributed by atoms with E-state index in [1.807, 2.05) is 0 Å². The molecule has 2 nitrogen and oxygen atoms in total. The summed E-state index contributed by atoms with van der Waals surface area (Å²) in [5.74, 6) is 1.87. The van der Waals surface area contributed by atoms with E-state index in [9.17, 15) is 0 Å². The molecule has 2 saturated carbocycles. The fourth-order valence-corrected chi connectivity index (χ4v) is 4.26. The molecule has 0 heterocycles. The van der Waals surface area contributed by atoms with Gasteiger partial charge in [0.1, 0.15) is 0 Å². The Labute approximate surface area is 126 Å². The Kier molecular flexibility index (Phi) is 6.35. The van der Waals surface area contributed by atoms with Crippen molar-refractivity contribution in [2.45, 2.75) is 89.8 Å². The second-order valence-corrected chi connectivity index (χ2v) is 7.45. The highest BCUT2D eigenvalue weighted by molar-refractivity contribution is 4.90. The molecular weight excluding hydrogens is 246 g/mol. The third-order valence-electron chi connectivity index (χ3n) is 5.59. The first-order valence-electron chi connectivity index (χ1n) is 9.00. The molecule has 0 unspecified atom stereocenters. The van der Waals surface area contributed by atoms with Crippen LogP contribution in [0.4, 0.5) is 0 Å². The molecule has 2 heteroatoms. The van der Waals surface area contributed by atoms with Crippen LogP contribution in [0.2, 0.25) is 0 Å². The topological polar surface area (TPSA) is 21.3 Å². The third kappa shape index (κ3) is 4.46. The Bertz CT molecular complexity index is 263. The Balaban J connectivity index is 1.86. The number of likely N-dealkylation sites (N-methyl/N-ethyl adjacent to an activating group) is 1. The van der Waals surface area contributed by atoms with Gasteiger partial charge in [0, 0.05) is 6.54 Å². The summed E-state index contributed by atoms with van der Waals surface area (Å²) >= 11 is 0. The number of hydrogen-bond donors (Lipinski definition) is 1. The van der Waals surface area contributed by atoms with Crippen molar-refractivity contribution >= 4 is 0 Å². The van der Waals surface area contributed by atoms with Crippen LogP contribution in [0.15, 0.2) is 0 Å². The van der Waals surface area contributed by atoms with Crippen LogP contribution < -0.4 is 5.32 Å². The van der Waals surface area contributed by atoms with Crippen LogP contribution in [0.1, 0.15) is 78.1 Å². The molecule has 0 radical (unpaired) electrons. The van der Waals surface area contributed by atoms with Crippen molar-refractivity contribution in [3.63, 3.8) is 0 Å². The highest BCUT2D eigenvalue weighted by Crippen LogP contribution is 2.39. The standard InChI is InChI=1S/C18H35NO/c1-4-5-16-10-12-18(13-11-16,14-19-3)20-17-8-6-15(2)7-9-17/h15-17,19H,4-14H2,1-3H3. The van der Waals surface area contributed by atoms with Gasteiger partial charge in [-0.3, -0.25) is 0 Å². The quantitative estimate of drug-likeness (QED) is 0.772. The molecule has 2 aliphatic carbocycles. The van der Waals surface area contributed by atoms with Gasteiger partial charge >= 0.3 is 0 Å². The lowest BCUT2D eigenvalue weighted by molar-refractivity contribution is -0.129. The lowest BCUT2D eigenvalue weighted by Crippen LogP contribution is -2.47. The molecule has 0 saturated heterocycles. The Morgan fingerprint density at radius 1 is 1.05 bits per heavy atom. The second-order valence-electron chi connectivity index (χ2n) is 7.45. The van der Waals surface area contributed by atoms with Crippen molar-refractivity contribution < 1.29 is 4.74 Å². The second kappa shape index (κ2) is 7.79. The van der Waals surface area contributed by atoms with E-state index in [0.29, 0.717) is 6.10 Å². The monoisotopic (exact) mass is 281 g/mol. The molecule has 2 aliphatic rings. The molecule has 0 aromatic heterocycles. The number of rotatable bonds is 6. The van der Waals surface area contributed by atoms with E-state index >= 15 is 0 Å². The van der Waals surface area contributed by atoms with Gasteiger partial charge in [0.05, 0.1) is 11.7 Å². The Morgan fingerprint density at radius 3 is 2.25 bits per heavy atom. The first-order valence-corrected chi connectivity index (χ1v) is 9.00. The largest absolute Gasteiger partial charge is 0.370 e. The van der Waals surface area contributed by atoms with Gasteiger partial charge in [0.15, 0.2) is 0 Å². The van der Waals surface area contributed by atoms with Crippen LogP contribution in [0.3, 0.4) is 0 Å². The summed E-state index contributed by atoms with van der Waals surface area (Å²) in [4.78, 5) is 0. The molecule has 0 aromatic rings. The highest BCUT2D eigenvalue weighted by atomic mass is 16.5. The van der Waals surface area contributed by atoms with Gasteiger partial charge in [-0.1, -0.05) is 26.7 Å². The summed E-state index contributed by atoms with van der Waals surface area (Å²) in [7, 11) is 2.08. The summed E-state index contributed by atoms with van der Waals surface area (Å²) < 4.78 is 6.67. The van der Waals surface area contributed by atoms with E-state index in [1.54, 1.807) is 0 Å². The lowest BCUT2D eigenvalue weighted by atomic mass is 9.76. The van der Waals surface area contributed by atoms with Gasteiger partial charge in [-0.2, -0.15) is 0 Å². The van der Waals surface area contributed by atoms with E-state index in [0.717, 1.165) is 18.4 Å². The van der Waals surface area contributed by atoms with Crippen molar-refractivity contribution in [1.29, 1.82) is 0 Å². The maximum absolute atomic E-state index is 6.67. The minimum atomic E-state index is 0.143. The Morgan fingerprint density at radius 2 is 1.70 bits per heavy atom. The summed E-state index contributed by atoms with van der Waals surface area (Å²) in [5.41, 5.74) is 0.143. The van der Waals surface area contributed by atoms with Crippen LogP contribution in [-0.4, -0.2) is 25.3 Å². The fraction of sp³-hybridized carbons (Fsp3) is 1.00. The van der Waals surface area contributed by atoms with E-state index in [4.69, 9.17) is 4.74 Å². The molecule has 0 amide bonds. The van der Waals surface area contributed by atoms with Crippen LogP contribution in [0.25, 0.3) is 0 Å². The van der Waals surface area contributed by atoms with Crippen LogP contribution in [0, 0.1) is 11.8 Å². The molecule has 118 valence electrons. The zero-order valence-corrected chi connectivity index (χ0v) is 13.9. The molecule has 2 rings (SSSR count). The molecule has 0 atom stereocenters. The molecule has 0 spiro atoms. The van der Waals surface area contributed by atoms with Gasteiger partial charge in [-0.25, -0.2) is 0 Å². The van der Waals surface area contributed by atoms with Gasteiger partial charge in [0.25, 0.3) is 0 Å². The van der Waals surface area contributed by atoms with Crippen molar-refractivity contribution in [2.75, 3.05) is 13.6 Å². The summed E-state index contributed by atoms with van der Waals surface area (Å²) in [6.45, 7) is 5.74. The number of hydrogen-bond acceptors (Lipinski definition) is 2. The normalized spacial score (nSPS) is 38.9. The smallest absolute Gasteiger partial charge is 0.0810 e. The summed E-state index contributed by atoms with van der Waals surface area (Å²) in [5, 5.41) is 3.40. The first-order chi connectivity index (χ1) is 9.67. The maximum Gasteiger partial charge on any atom is 0.0810 e. The number of nitrogens with one attached hydrogen (secondary N) is 1. The van der Waals surface area contributed by atoms with Crippen LogP contribution in [-0.2, 0) is 4.74 Å². The predicted molar refractivity (Wildman–Crippen MR) is 86.0 cm³/mol. The lowest BCUT2D eigenvalue weighted by Gasteiger charge is -2.43. The molecule has 1 N–H and O–H groups in total. The van der Waals surface area contributed by atoms with Crippen molar-refractivity contribution in [3.05, 3.63) is 0 Å². The predicted octanol–water partition coefficient (Wildman–Crippen LogP) is 4.53. The minimum Gasteiger partial charge on any atom is -0.370 e. The van der Waals surface area contributed by atoms with Gasteiger partial charge < -0.3 is 10.1 Å². The zero-order valence-electron chi connectivity index (χ0n) is 13.9. The van der Waals surface area contributed by atoms with Crippen molar-refractivity contribution in [2.24, 2.45) is 11.8 Å². The zero-order chi connectivity index (χ0) is 14.4. The minimum absolute atomic E-state index is 0.143. The van der Waals surface area contributed by atoms with Gasteiger partial charge in [-0.05, 0) is 70.3 Å². The average Bonchev–Trinajstić information content (AvgIpc) is 2.45. The maximum atomic E-state index is 6.67. The van der Waals surface area contributed by atoms with Gasteiger partial charge in [-0.15, -0.1) is 0 Å². The molecular formula is C18H35NO. The van der Waals surface area contributed by atoms with Gasteiger partial charge in [0.2, 0.25) is 0 Å². The fourth-order valence-electron chi connectivity index (χ4n) is 4.26. The molecule has 0 aliphatic heterocycles. The third-order valence-corrected chi connectivity index (χ3v) is 5.59. The summed E-state index contributed by atoms with van der Waals surface area (Å²) in [6, 6.07) is 0. The van der Waals surface area contributed by atoms with E-state index < -0.39 is 0 Å². The molecule has 20 heavy (non-hydrogen) atoms. The van der Waals surface area contributed by atoms with Crippen LogP contribution in [0.5, 0.6) is 0 Å². The summed E-state index contributed by atoms with van der Waals surface area (Å²) in [6.07, 6.45) is 13.9. The molecule has 0 aromatic carbocycles. The highest BCUT2D eigenvalue weighted by Gasteiger charge is 2.38. The number of ether oxygens (including phenoxy) is 1. The van der Waals surface area contributed by atoms with E-state index in [-0.39, 0.29) is 5.60 Å². The van der Waals surface area contributed by atoms with Crippen LogP contribution >= 0.6 is 0 Å². The van der Waals surface area contributed by atoms with E-state index in [2.05, 4.69) is 26.2 Å².